The van der Waals surface area contributed by atoms with E-state index in [0.717, 1.165) is 32.1 Å². The van der Waals surface area contributed by atoms with Gasteiger partial charge in [-0.05, 0) is 48.5 Å². The Labute approximate surface area is 175 Å². The van der Waals surface area contributed by atoms with Gasteiger partial charge in [0.15, 0.2) is 5.82 Å². The number of H-pyrrole nitrogens is 1. The van der Waals surface area contributed by atoms with Gasteiger partial charge >= 0.3 is 0 Å². The molecule has 0 aliphatic carbocycles. The van der Waals surface area contributed by atoms with Crippen LogP contribution in [0.3, 0.4) is 0 Å². The average molecular weight is 443 g/mol. The van der Waals surface area contributed by atoms with E-state index in [-0.39, 0.29) is 5.91 Å². The summed E-state index contributed by atoms with van der Waals surface area (Å²) >= 11 is 3.39. The molecule has 5 nitrogen and oxygen atoms in total. The van der Waals surface area contributed by atoms with E-state index in [1.165, 1.54) is 0 Å². The monoisotopic (exact) mass is 442 g/mol. The lowest BCUT2D eigenvalue weighted by Gasteiger charge is -2.09. The molecule has 5 aromatic rings. The highest BCUT2D eigenvalue weighted by Crippen LogP contribution is 2.26. The van der Waals surface area contributed by atoms with Crippen LogP contribution < -0.4 is 5.32 Å². The minimum atomic E-state index is -0.180. The van der Waals surface area contributed by atoms with Gasteiger partial charge in [-0.25, -0.2) is 9.97 Å². The third kappa shape index (κ3) is 3.39. The zero-order valence-electron chi connectivity index (χ0n) is 15.2. The first-order valence-corrected chi connectivity index (χ1v) is 9.88. The molecule has 0 saturated carbocycles. The number of imidazole rings is 1. The number of halogens is 1. The van der Waals surface area contributed by atoms with Crippen LogP contribution in [0.2, 0.25) is 0 Å². The maximum Gasteiger partial charge on any atom is 0.255 e. The second-order valence-electron chi connectivity index (χ2n) is 6.64. The number of para-hydroxylation sites is 3. The lowest BCUT2D eigenvalue weighted by atomic mass is 10.1. The third-order valence-electron chi connectivity index (χ3n) is 4.71. The number of benzene rings is 3. The molecule has 0 spiro atoms. The Hall–Kier alpha value is -3.51. The summed E-state index contributed by atoms with van der Waals surface area (Å²) in [5, 5.41) is 3.92. The van der Waals surface area contributed by atoms with Crippen molar-refractivity contribution in [2.24, 2.45) is 0 Å². The minimum Gasteiger partial charge on any atom is -0.337 e. The number of rotatable bonds is 3. The van der Waals surface area contributed by atoms with E-state index in [0.29, 0.717) is 17.1 Å². The molecule has 2 heterocycles. The Morgan fingerprint density at radius 3 is 2.52 bits per heavy atom. The van der Waals surface area contributed by atoms with Crippen LogP contribution in [0.1, 0.15) is 10.4 Å². The van der Waals surface area contributed by atoms with E-state index >= 15 is 0 Å². The maximum absolute atomic E-state index is 12.7. The fourth-order valence-corrected chi connectivity index (χ4v) is 3.51. The molecule has 0 radical (unpaired) electrons. The topological polar surface area (TPSA) is 70.7 Å². The zero-order chi connectivity index (χ0) is 19.8. The molecular weight excluding hydrogens is 428 g/mol. The highest BCUT2D eigenvalue weighted by Gasteiger charge is 2.12. The Morgan fingerprint density at radius 1 is 0.862 bits per heavy atom. The van der Waals surface area contributed by atoms with Crippen molar-refractivity contribution in [2.75, 3.05) is 5.32 Å². The van der Waals surface area contributed by atoms with Gasteiger partial charge in [0.1, 0.15) is 5.69 Å². The van der Waals surface area contributed by atoms with Crippen molar-refractivity contribution in [3.8, 4) is 11.5 Å². The van der Waals surface area contributed by atoms with Crippen molar-refractivity contribution >= 4 is 49.5 Å². The van der Waals surface area contributed by atoms with Gasteiger partial charge in [-0.3, -0.25) is 4.79 Å². The molecular formula is C23H15BrN4O. The quantitative estimate of drug-likeness (QED) is 0.371. The third-order valence-corrected chi connectivity index (χ3v) is 5.24. The van der Waals surface area contributed by atoms with Gasteiger partial charge in [-0.2, -0.15) is 0 Å². The number of amides is 1. The van der Waals surface area contributed by atoms with E-state index in [9.17, 15) is 4.79 Å². The summed E-state index contributed by atoms with van der Waals surface area (Å²) < 4.78 is 0.927. The van der Waals surface area contributed by atoms with Crippen LogP contribution in [-0.2, 0) is 0 Å². The number of hydrogen-bond donors (Lipinski definition) is 2. The predicted molar refractivity (Wildman–Crippen MR) is 119 cm³/mol. The van der Waals surface area contributed by atoms with Crippen LogP contribution in [0, 0.1) is 0 Å². The lowest BCUT2D eigenvalue weighted by molar-refractivity contribution is 0.102. The van der Waals surface area contributed by atoms with Crippen LogP contribution in [0.4, 0.5) is 5.69 Å². The molecule has 2 N–H and O–H groups in total. The molecule has 0 atom stereocenters. The second kappa shape index (κ2) is 7.14. The van der Waals surface area contributed by atoms with E-state index in [2.05, 4.69) is 31.2 Å². The van der Waals surface area contributed by atoms with Crippen LogP contribution in [0.15, 0.2) is 83.3 Å². The van der Waals surface area contributed by atoms with Gasteiger partial charge in [0, 0.05) is 15.4 Å². The van der Waals surface area contributed by atoms with E-state index in [1.807, 2.05) is 66.7 Å². The van der Waals surface area contributed by atoms with Gasteiger partial charge in [-0.1, -0.05) is 46.3 Å². The minimum absolute atomic E-state index is 0.180. The number of nitrogens with zero attached hydrogens (tertiary/aromatic N) is 2. The van der Waals surface area contributed by atoms with Gasteiger partial charge < -0.3 is 10.3 Å². The number of fused-ring (bicyclic) bond motifs is 2. The van der Waals surface area contributed by atoms with Crippen molar-refractivity contribution in [2.45, 2.75) is 0 Å². The lowest BCUT2D eigenvalue weighted by Crippen LogP contribution is -2.12. The Balaban J connectivity index is 1.54. The molecule has 0 aliphatic heterocycles. The normalized spacial score (nSPS) is 11.1. The molecule has 0 aliphatic rings. The molecule has 5 rings (SSSR count). The van der Waals surface area contributed by atoms with Crippen LogP contribution in [-0.4, -0.2) is 20.9 Å². The van der Waals surface area contributed by atoms with Crippen molar-refractivity contribution in [3.63, 3.8) is 0 Å². The number of aromatic nitrogens is 3. The van der Waals surface area contributed by atoms with Crippen LogP contribution in [0.25, 0.3) is 33.5 Å². The summed E-state index contributed by atoms with van der Waals surface area (Å²) in [5.74, 6) is 0.517. The second-order valence-corrected chi connectivity index (χ2v) is 7.55. The van der Waals surface area contributed by atoms with Crippen molar-refractivity contribution in [3.05, 3.63) is 88.9 Å². The summed E-state index contributed by atoms with van der Waals surface area (Å²) in [4.78, 5) is 25.4. The average Bonchev–Trinajstić information content (AvgIpc) is 3.18. The standard InChI is InChI=1S/C23H15BrN4O/c24-16-11-8-15(9-12-16)23(29)28-19-7-3-4-14-10-13-20(25-21(14)19)22-26-17-5-1-2-6-18(17)27-22/h1-13H,(H,26,27)(H,28,29). The summed E-state index contributed by atoms with van der Waals surface area (Å²) in [6, 6.07) is 24.8. The first-order chi connectivity index (χ1) is 14.2. The maximum atomic E-state index is 12.7. The largest absolute Gasteiger partial charge is 0.337 e. The van der Waals surface area contributed by atoms with Gasteiger partial charge in [0.25, 0.3) is 5.91 Å². The first-order valence-electron chi connectivity index (χ1n) is 9.09. The molecule has 140 valence electrons. The zero-order valence-corrected chi connectivity index (χ0v) is 16.8. The smallest absolute Gasteiger partial charge is 0.255 e. The highest BCUT2D eigenvalue weighted by atomic mass is 79.9. The number of nitrogens with one attached hydrogen (secondary N) is 2. The van der Waals surface area contributed by atoms with Crippen molar-refractivity contribution in [1.29, 1.82) is 0 Å². The molecule has 2 aromatic heterocycles. The molecule has 1 amide bonds. The molecule has 0 fully saturated rings. The fraction of sp³-hybridized carbons (Fsp3) is 0. The summed E-state index contributed by atoms with van der Waals surface area (Å²) in [7, 11) is 0. The Kier molecular flexibility index (Phi) is 4.33. The molecule has 0 saturated heterocycles. The van der Waals surface area contributed by atoms with Gasteiger partial charge in [0.05, 0.1) is 22.2 Å². The number of carbonyl (C=O) groups excluding carboxylic acids is 1. The number of pyridine rings is 1. The summed E-state index contributed by atoms with van der Waals surface area (Å²) in [6.45, 7) is 0. The molecule has 3 aromatic carbocycles. The number of hydrogen-bond acceptors (Lipinski definition) is 3. The molecule has 29 heavy (non-hydrogen) atoms. The number of anilines is 1. The van der Waals surface area contributed by atoms with Crippen LogP contribution >= 0.6 is 15.9 Å². The summed E-state index contributed by atoms with van der Waals surface area (Å²) in [5.41, 5.74) is 4.53. The van der Waals surface area contributed by atoms with E-state index in [1.54, 1.807) is 12.1 Å². The molecule has 0 bridgehead atoms. The fourth-order valence-electron chi connectivity index (χ4n) is 3.25. The highest BCUT2D eigenvalue weighted by molar-refractivity contribution is 9.10. The number of aromatic amines is 1. The van der Waals surface area contributed by atoms with Crippen molar-refractivity contribution < 1.29 is 4.79 Å². The van der Waals surface area contributed by atoms with Crippen molar-refractivity contribution in [1.82, 2.24) is 15.0 Å². The predicted octanol–water partition coefficient (Wildman–Crippen LogP) is 5.79. The first kappa shape index (κ1) is 17.6. The number of carbonyl (C=O) groups is 1. The van der Waals surface area contributed by atoms with Gasteiger partial charge in [-0.15, -0.1) is 0 Å². The molecule has 6 heteroatoms. The van der Waals surface area contributed by atoms with Gasteiger partial charge in [0.2, 0.25) is 0 Å². The van der Waals surface area contributed by atoms with E-state index in [4.69, 9.17) is 4.98 Å². The Bertz CT molecular complexity index is 1330. The van der Waals surface area contributed by atoms with Crippen LogP contribution in [0.5, 0.6) is 0 Å². The summed E-state index contributed by atoms with van der Waals surface area (Å²) in [6.07, 6.45) is 0. The van der Waals surface area contributed by atoms with E-state index < -0.39 is 0 Å². The Morgan fingerprint density at radius 2 is 1.69 bits per heavy atom. The molecule has 0 unspecified atom stereocenters. The SMILES string of the molecule is O=C(Nc1cccc2ccc(-c3nc4ccccc4[nH]3)nc12)c1ccc(Br)cc1.